The summed E-state index contributed by atoms with van der Waals surface area (Å²) in [4.78, 5) is 23.1. The van der Waals surface area contributed by atoms with Gasteiger partial charge in [-0.2, -0.15) is 16.5 Å². The summed E-state index contributed by atoms with van der Waals surface area (Å²) >= 11 is 1.51. The molecule has 5 aromatic carbocycles. The second-order valence-corrected chi connectivity index (χ2v) is 17.2. The van der Waals surface area contributed by atoms with Crippen molar-refractivity contribution in [1.82, 2.24) is 19.2 Å². The minimum Gasteiger partial charge on any atom is -0.377 e. The average molecular weight is 772 g/mol. The van der Waals surface area contributed by atoms with Crippen molar-refractivity contribution in [2.45, 2.75) is 48.4 Å². The van der Waals surface area contributed by atoms with Crippen molar-refractivity contribution in [2.24, 2.45) is 5.92 Å². The van der Waals surface area contributed by atoms with Crippen molar-refractivity contribution in [3.8, 4) is 0 Å². The molecule has 1 N–H and O–H groups in total. The third kappa shape index (κ3) is 7.94. The van der Waals surface area contributed by atoms with E-state index < -0.39 is 21.6 Å². The van der Waals surface area contributed by atoms with Crippen molar-refractivity contribution >= 4 is 44.2 Å². The molecule has 1 aliphatic rings. The van der Waals surface area contributed by atoms with E-state index in [0.29, 0.717) is 30.1 Å². The number of nitrogens with one attached hydrogen (secondary N) is 1. The van der Waals surface area contributed by atoms with Crippen LogP contribution in [0.25, 0.3) is 10.8 Å². The molecular weight excluding hydrogens is 723 g/mol. The van der Waals surface area contributed by atoms with Gasteiger partial charge >= 0.3 is 0 Å². The van der Waals surface area contributed by atoms with E-state index in [1.165, 1.54) is 11.8 Å². The van der Waals surface area contributed by atoms with Crippen molar-refractivity contribution < 1.29 is 13.2 Å². The third-order valence-electron chi connectivity index (χ3n) is 10.9. The molecule has 0 spiro atoms. The Balaban J connectivity index is 1.18. The van der Waals surface area contributed by atoms with E-state index in [9.17, 15) is 13.2 Å². The zero-order chi connectivity index (χ0) is 38.4. The Morgan fingerprint density at radius 3 is 1.95 bits per heavy atom. The zero-order valence-electron chi connectivity index (χ0n) is 31.7. The first-order valence-corrected chi connectivity index (χ1v) is 21.6. The molecule has 1 saturated heterocycles. The smallest absolute Gasteiger partial charge is 0.241 e. The van der Waals surface area contributed by atoms with Gasteiger partial charge in [-0.25, -0.2) is 13.4 Å². The van der Waals surface area contributed by atoms with Crippen molar-refractivity contribution in [1.29, 1.82) is 0 Å². The Bertz CT molecular complexity index is 2210. The number of carbonyl (C=O) groups is 1. The highest BCUT2D eigenvalue weighted by Crippen LogP contribution is 2.41. The minimum absolute atomic E-state index is 0.166. The summed E-state index contributed by atoms with van der Waals surface area (Å²) in [6, 6.07) is 41.4. The molecule has 0 saturated carbocycles. The number of rotatable bonds is 14. The number of piperidine rings is 1. The number of amides is 1. The number of anilines is 1. The summed E-state index contributed by atoms with van der Waals surface area (Å²) in [6.45, 7) is 3.45. The molecule has 6 aromatic rings. The maximum atomic E-state index is 14.3. The van der Waals surface area contributed by atoms with Crippen molar-refractivity contribution in [2.75, 3.05) is 37.8 Å². The molecule has 0 unspecified atom stereocenters. The standard InChI is InChI=1S/C45H49N5O3S2/c1-4-34-26-28-49(29-27-34)44(51)41(47-55(52,53)43-25-15-22-39-40(43)23-14-24-42(39)48(2)3)32-54-31-38-30-50(33-46-38)45(35-16-8-5-9-17-35,36-18-10-6-11-19-36)37-20-12-7-13-21-37/h5-25,30,33-34,41,47H,4,26-29,31-32H2,1-3H3/t41-/m0/s1. The number of benzene rings is 5. The molecule has 284 valence electrons. The molecule has 0 aliphatic carbocycles. The molecule has 7 rings (SSSR count). The number of sulfonamides is 1. The van der Waals surface area contributed by atoms with Gasteiger partial charge in [0.15, 0.2) is 0 Å². The molecule has 55 heavy (non-hydrogen) atoms. The second kappa shape index (κ2) is 16.9. The number of thioether (sulfide) groups is 1. The fourth-order valence-electron chi connectivity index (χ4n) is 7.97. The highest BCUT2D eigenvalue weighted by molar-refractivity contribution is 7.98. The average Bonchev–Trinajstić information content (AvgIpc) is 3.70. The summed E-state index contributed by atoms with van der Waals surface area (Å²) in [5.74, 6) is 1.15. The van der Waals surface area contributed by atoms with Crippen LogP contribution in [0.2, 0.25) is 0 Å². The Kier molecular flexibility index (Phi) is 11.8. The van der Waals surface area contributed by atoms with Crippen molar-refractivity contribution in [3.63, 3.8) is 0 Å². The summed E-state index contributed by atoms with van der Waals surface area (Å²) in [5, 5.41) is 1.45. The van der Waals surface area contributed by atoms with Crippen molar-refractivity contribution in [3.05, 3.63) is 162 Å². The maximum Gasteiger partial charge on any atom is 0.241 e. The van der Waals surface area contributed by atoms with Gasteiger partial charge in [0.05, 0.1) is 16.9 Å². The van der Waals surface area contributed by atoms with Gasteiger partial charge in [-0.1, -0.05) is 129 Å². The number of hydrogen-bond donors (Lipinski definition) is 1. The number of carbonyl (C=O) groups excluding carboxylic acids is 1. The molecule has 8 nitrogen and oxygen atoms in total. The summed E-state index contributed by atoms with van der Waals surface area (Å²) < 4.78 is 33.6. The second-order valence-electron chi connectivity index (χ2n) is 14.5. The quantitative estimate of drug-likeness (QED) is 0.113. The molecule has 0 bridgehead atoms. The largest absolute Gasteiger partial charge is 0.377 e. The first-order chi connectivity index (χ1) is 26.7. The number of imidazole rings is 1. The van der Waals surface area contributed by atoms with Crippen LogP contribution in [0.15, 0.2) is 145 Å². The number of nitrogens with zero attached hydrogens (tertiary/aromatic N) is 4. The predicted octanol–water partition coefficient (Wildman–Crippen LogP) is 8.17. The fraction of sp³-hybridized carbons (Fsp3) is 0.289. The Morgan fingerprint density at radius 2 is 1.38 bits per heavy atom. The lowest BCUT2D eigenvalue weighted by molar-refractivity contribution is -0.133. The van der Waals surface area contributed by atoms with E-state index in [1.54, 1.807) is 12.1 Å². The van der Waals surface area contributed by atoms with Gasteiger partial charge in [0, 0.05) is 61.3 Å². The Morgan fingerprint density at radius 1 is 0.818 bits per heavy atom. The molecule has 1 aliphatic heterocycles. The lowest BCUT2D eigenvalue weighted by Crippen LogP contribution is -2.51. The first-order valence-electron chi connectivity index (χ1n) is 19.0. The number of hydrogen-bond acceptors (Lipinski definition) is 6. The summed E-state index contributed by atoms with van der Waals surface area (Å²) in [7, 11) is -0.198. The molecule has 10 heteroatoms. The number of likely N-dealkylation sites (tertiary alicyclic amines) is 1. The van der Waals surface area contributed by atoms with Gasteiger partial charge < -0.3 is 14.4 Å². The van der Waals surface area contributed by atoms with Crippen LogP contribution >= 0.6 is 11.8 Å². The fourth-order valence-corrected chi connectivity index (χ4v) is 10.4. The topological polar surface area (TPSA) is 87.5 Å². The lowest BCUT2D eigenvalue weighted by Gasteiger charge is -2.37. The Hall–Kier alpha value is -4.90. The van der Waals surface area contributed by atoms with Crippen LogP contribution in [0.4, 0.5) is 5.69 Å². The van der Waals surface area contributed by atoms with Crippen LogP contribution in [0.3, 0.4) is 0 Å². The zero-order valence-corrected chi connectivity index (χ0v) is 33.3. The summed E-state index contributed by atoms with van der Waals surface area (Å²) in [6.07, 6.45) is 6.89. The van der Waals surface area contributed by atoms with E-state index >= 15 is 0 Å². The van der Waals surface area contributed by atoms with E-state index in [0.717, 1.165) is 52.7 Å². The Labute approximate surface area is 329 Å². The van der Waals surface area contributed by atoms with Gasteiger partial charge in [0.1, 0.15) is 11.6 Å². The minimum atomic E-state index is -4.08. The summed E-state index contributed by atoms with van der Waals surface area (Å²) in [5.41, 5.74) is 4.36. The van der Waals surface area contributed by atoms with Crippen LogP contribution in [0.5, 0.6) is 0 Å². The molecule has 1 atom stereocenters. The van der Waals surface area contributed by atoms with Gasteiger partial charge in [0.2, 0.25) is 15.9 Å². The van der Waals surface area contributed by atoms with E-state index in [4.69, 9.17) is 4.98 Å². The highest BCUT2D eigenvalue weighted by atomic mass is 32.2. The predicted molar refractivity (Wildman–Crippen MR) is 225 cm³/mol. The van der Waals surface area contributed by atoms with E-state index in [2.05, 4.69) is 95.2 Å². The number of aromatic nitrogens is 2. The highest BCUT2D eigenvalue weighted by Gasteiger charge is 2.38. The van der Waals surface area contributed by atoms with Crippen LogP contribution < -0.4 is 9.62 Å². The van der Waals surface area contributed by atoms with Gasteiger partial charge in [-0.3, -0.25) is 4.79 Å². The van der Waals surface area contributed by atoms with Gasteiger partial charge in [-0.15, -0.1) is 0 Å². The molecule has 1 fully saturated rings. The number of fused-ring (bicyclic) bond motifs is 1. The molecule has 1 aromatic heterocycles. The van der Waals surface area contributed by atoms with Crippen LogP contribution in [0, 0.1) is 5.92 Å². The SMILES string of the molecule is CCC1CCN(C(=O)[C@H](CSCc2cn(C(c3ccccc3)(c3ccccc3)c3ccccc3)cn2)NS(=O)(=O)c2cccc3c(N(C)C)cccc23)CC1. The monoisotopic (exact) mass is 771 g/mol. The van der Waals surface area contributed by atoms with Gasteiger partial charge in [-0.05, 0) is 47.6 Å². The van der Waals surface area contributed by atoms with Crippen LogP contribution in [0.1, 0.15) is 48.6 Å². The molecular formula is C45H49N5O3S2. The molecule has 1 amide bonds. The van der Waals surface area contributed by atoms with Gasteiger partial charge in [0.25, 0.3) is 0 Å². The maximum absolute atomic E-state index is 14.3. The molecule has 2 heterocycles. The molecule has 0 radical (unpaired) electrons. The third-order valence-corrected chi connectivity index (χ3v) is 13.5. The van der Waals surface area contributed by atoms with E-state index in [1.807, 2.05) is 72.7 Å². The van der Waals surface area contributed by atoms with Crippen LogP contribution in [-0.4, -0.2) is 67.8 Å². The first kappa shape index (κ1) is 38.4. The lowest BCUT2D eigenvalue weighted by atomic mass is 9.77. The van der Waals surface area contributed by atoms with E-state index in [-0.39, 0.29) is 16.6 Å². The van der Waals surface area contributed by atoms with Crippen LogP contribution in [-0.2, 0) is 26.1 Å². The normalized spacial score (nSPS) is 14.6.